The lowest BCUT2D eigenvalue weighted by Crippen LogP contribution is -2.11. The van der Waals surface area contributed by atoms with Crippen LogP contribution in [0.2, 0.25) is 5.02 Å². The largest absolute Gasteiger partial charge is 0.319 e. The molecule has 0 unspecified atom stereocenters. The molecule has 2 aromatic rings. The van der Waals surface area contributed by atoms with Gasteiger partial charge >= 0.3 is 0 Å². The molecule has 0 amide bonds. The Labute approximate surface area is 110 Å². The summed E-state index contributed by atoms with van der Waals surface area (Å²) in [5, 5.41) is 10.5. The average molecular weight is 268 g/mol. The van der Waals surface area contributed by atoms with Gasteiger partial charge in [-0.05, 0) is 37.7 Å². The Bertz CT molecular complexity index is 551. The van der Waals surface area contributed by atoms with Gasteiger partial charge in [0.1, 0.15) is 5.82 Å². The summed E-state index contributed by atoms with van der Waals surface area (Å²) in [7, 11) is 1.91. The van der Waals surface area contributed by atoms with Gasteiger partial charge in [-0.15, -0.1) is 0 Å². The van der Waals surface area contributed by atoms with Crippen LogP contribution < -0.4 is 5.32 Å². The lowest BCUT2D eigenvalue weighted by Gasteiger charge is -2.02. The molecule has 0 aliphatic carbocycles. The van der Waals surface area contributed by atoms with E-state index < -0.39 is 5.82 Å². The monoisotopic (exact) mass is 267 g/mol. The first-order valence-electron chi connectivity index (χ1n) is 5.77. The van der Waals surface area contributed by atoms with E-state index in [9.17, 15) is 4.39 Å². The number of hydrogen-bond donors (Lipinski definition) is 2. The molecule has 18 heavy (non-hydrogen) atoms. The van der Waals surface area contributed by atoms with Crippen molar-refractivity contribution in [1.82, 2.24) is 15.5 Å². The molecule has 0 aliphatic rings. The molecule has 0 saturated heterocycles. The second kappa shape index (κ2) is 5.50. The van der Waals surface area contributed by atoms with Crippen LogP contribution in [-0.4, -0.2) is 23.8 Å². The Balaban J connectivity index is 2.33. The highest BCUT2D eigenvalue weighted by molar-refractivity contribution is 6.31. The van der Waals surface area contributed by atoms with Crippen LogP contribution in [0.4, 0.5) is 4.39 Å². The fourth-order valence-electron chi connectivity index (χ4n) is 1.85. The van der Waals surface area contributed by atoms with Gasteiger partial charge in [0.2, 0.25) is 0 Å². The number of aromatic amines is 1. The van der Waals surface area contributed by atoms with Gasteiger partial charge in [-0.3, -0.25) is 5.10 Å². The standard InChI is InChI=1S/C13H15ClFN3/c1-8-12(5-6-16-2)17-18-13(8)9-3-4-11(15)10(14)7-9/h3-4,7,16H,5-6H2,1-2H3,(H,17,18). The molecule has 0 aliphatic heterocycles. The summed E-state index contributed by atoms with van der Waals surface area (Å²) in [5.41, 5.74) is 3.81. The van der Waals surface area contributed by atoms with E-state index in [1.807, 2.05) is 14.0 Å². The Morgan fingerprint density at radius 2 is 2.22 bits per heavy atom. The smallest absolute Gasteiger partial charge is 0.141 e. The first kappa shape index (κ1) is 13.1. The fraction of sp³-hybridized carbons (Fsp3) is 0.308. The van der Waals surface area contributed by atoms with Crippen molar-refractivity contribution in [3.8, 4) is 11.3 Å². The zero-order valence-electron chi connectivity index (χ0n) is 10.3. The maximum absolute atomic E-state index is 13.1. The molecule has 5 heteroatoms. The Morgan fingerprint density at radius 3 is 2.89 bits per heavy atom. The number of aromatic nitrogens is 2. The van der Waals surface area contributed by atoms with E-state index in [0.29, 0.717) is 0 Å². The van der Waals surface area contributed by atoms with Crippen LogP contribution >= 0.6 is 11.6 Å². The number of likely N-dealkylation sites (N-methyl/N-ethyl adjacent to an activating group) is 1. The zero-order valence-corrected chi connectivity index (χ0v) is 11.1. The quantitative estimate of drug-likeness (QED) is 0.894. The van der Waals surface area contributed by atoms with Crippen LogP contribution in [0.5, 0.6) is 0 Å². The van der Waals surface area contributed by atoms with Crippen molar-refractivity contribution in [2.75, 3.05) is 13.6 Å². The predicted octanol–water partition coefficient (Wildman–Crippen LogP) is 2.94. The van der Waals surface area contributed by atoms with Crippen molar-refractivity contribution in [1.29, 1.82) is 0 Å². The second-order valence-corrected chi connectivity index (χ2v) is 4.57. The van der Waals surface area contributed by atoms with Crippen LogP contribution in [0.3, 0.4) is 0 Å². The third kappa shape index (κ3) is 2.54. The van der Waals surface area contributed by atoms with Gasteiger partial charge in [0.25, 0.3) is 0 Å². The normalized spacial score (nSPS) is 10.9. The van der Waals surface area contributed by atoms with E-state index in [4.69, 9.17) is 11.6 Å². The summed E-state index contributed by atoms with van der Waals surface area (Å²) in [6.07, 6.45) is 0.879. The summed E-state index contributed by atoms with van der Waals surface area (Å²) in [4.78, 5) is 0. The van der Waals surface area contributed by atoms with Crippen molar-refractivity contribution in [2.24, 2.45) is 0 Å². The number of H-pyrrole nitrogens is 1. The van der Waals surface area contributed by atoms with Crippen LogP contribution in [0.15, 0.2) is 18.2 Å². The minimum atomic E-state index is -0.413. The molecule has 3 nitrogen and oxygen atoms in total. The number of nitrogens with zero attached hydrogens (tertiary/aromatic N) is 1. The van der Waals surface area contributed by atoms with Gasteiger partial charge < -0.3 is 5.32 Å². The number of nitrogens with one attached hydrogen (secondary N) is 2. The van der Waals surface area contributed by atoms with Gasteiger partial charge in [0, 0.05) is 24.2 Å². The van der Waals surface area contributed by atoms with Crippen molar-refractivity contribution in [3.05, 3.63) is 40.3 Å². The van der Waals surface area contributed by atoms with Crippen LogP contribution in [0, 0.1) is 12.7 Å². The van der Waals surface area contributed by atoms with Gasteiger partial charge in [-0.1, -0.05) is 11.6 Å². The van der Waals surface area contributed by atoms with Gasteiger partial charge in [0.15, 0.2) is 0 Å². The number of hydrogen-bond acceptors (Lipinski definition) is 2. The molecule has 2 N–H and O–H groups in total. The number of benzene rings is 1. The number of rotatable bonds is 4. The molecule has 0 fully saturated rings. The highest BCUT2D eigenvalue weighted by Gasteiger charge is 2.12. The molecule has 1 aromatic carbocycles. The Hall–Kier alpha value is -1.39. The molecular weight excluding hydrogens is 253 g/mol. The molecule has 0 saturated carbocycles. The molecule has 0 bridgehead atoms. The molecule has 1 aromatic heterocycles. The summed E-state index contributed by atoms with van der Waals surface area (Å²) in [6.45, 7) is 2.88. The zero-order chi connectivity index (χ0) is 13.1. The van der Waals surface area contributed by atoms with E-state index in [-0.39, 0.29) is 5.02 Å². The lowest BCUT2D eigenvalue weighted by molar-refractivity contribution is 0.628. The van der Waals surface area contributed by atoms with Crippen molar-refractivity contribution < 1.29 is 4.39 Å². The maximum Gasteiger partial charge on any atom is 0.141 e. The molecular formula is C13H15ClFN3. The molecule has 2 rings (SSSR count). The topological polar surface area (TPSA) is 40.7 Å². The minimum Gasteiger partial charge on any atom is -0.319 e. The minimum absolute atomic E-state index is 0.117. The molecule has 0 atom stereocenters. The average Bonchev–Trinajstić information content (AvgIpc) is 2.72. The SMILES string of the molecule is CNCCc1[nH]nc(-c2ccc(F)c(Cl)c2)c1C. The predicted molar refractivity (Wildman–Crippen MR) is 71.4 cm³/mol. The summed E-state index contributed by atoms with van der Waals surface area (Å²) in [6, 6.07) is 4.65. The lowest BCUT2D eigenvalue weighted by atomic mass is 10.1. The first-order chi connectivity index (χ1) is 8.63. The number of halogens is 2. The van der Waals surface area contributed by atoms with Crippen LogP contribution in [-0.2, 0) is 6.42 Å². The van der Waals surface area contributed by atoms with Crippen LogP contribution in [0.25, 0.3) is 11.3 Å². The van der Waals surface area contributed by atoms with Gasteiger partial charge in [-0.2, -0.15) is 5.10 Å². The second-order valence-electron chi connectivity index (χ2n) is 4.16. The highest BCUT2D eigenvalue weighted by atomic mass is 35.5. The van der Waals surface area contributed by atoms with Crippen molar-refractivity contribution in [2.45, 2.75) is 13.3 Å². The van der Waals surface area contributed by atoms with Crippen molar-refractivity contribution in [3.63, 3.8) is 0 Å². The van der Waals surface area contributed by atoms with E-state index in [2.05, 4.69) is 15.5 Å². The Morgan fingerprint density at radius 1 is 1.44 bits per heavy atom. The fourth-order valence-corrected chi connectivity index (χ4v) is 2.03. The summed E-state index contributed by atoms with van der Waals surface area (Å²) in [5.74, 6) is -0.413. The van der Waals surface area contributed by atoms with E-state index >= 15 is 0 Å². The van der Waals surface area contributed by atoms with E-state index in [1.165, 1.54) is 6.07 Å². The Kier molecular flexibility index (Phi) is 3.99. The van der Waals surface area contributed by atoms with E-state index in [0.717, 1.165) is 35.5 Å². The van der Waals surface area contributed by atoms with Gasteiger partial charge in [-0.25, -0.2) is 4.39 Å². The molecule has 0 spiro atoms. The maximum atomic E-state index is 13.1. The highest BCUT2D eigenvalue weighted by Crippen LogP contribution is 2.27. The summed E-state index contributed by atoms with van der Waals surface area (Å²) >= 11 is 5.78. The molecule has 1 heterocycles. The first-order valence-corrected chi connectivity index (χ1v) is 6.15. The molecule has 0 radical (unpaired) electrons. The van der Waals surface area contributed by atoms with Crippen LogP contribution in [0.1, 0.15) is 11.3 Å². The van der Waals surface area contributed by atoms with Crippen molar-refractivity contribution >= 4 is 11.6 Å². The van der Waals surface area contributed by atoms with E-state index in [1.54, 1.807) is 12.1 Å². The summed E-state index contributed by atoms with van der Waals surface area (Å²) < 4.78 is 13.1. The van der Waals surface area contributed by atoms with Gasteiger partial charge in [0.05, 0.1) is 10.7 Å². The molecule has 96 valence electrons. The third-order valence-electron chi connectivity index (χ3n) is 2.93. The third-order valence-corrected chi connectivity index (χ3v) is 3.22.